The van der Waals surface area contributed by atoms with E-state index in [4.69, 9.17) is 5.11 Å². The highest BCUT2D eigenvalue weighted by atomic mass is 32.2. The fraction of sp³-hybridized carbons (Fsp3) is 0.800. The number of aliphatic hydroxyl groups is 1. The normalized spacial score (nSPS) is 12.5. The van der Waals surface area contributed by atoms with Crippen molar-refractivity contribution < 1.29 is 24.6 Å². The van der Waals surface area contributed by atoms with E-state index < -0.39 is 17.5 Å². The second-order valence-electron chi connectivity index (χ2n) is 5.88. The lowest BCUT2D eigenvalue weighted by atomic mass is 9.84. The Balaban J connectivity index is 3.80. The Bertz CT molecular complexity index is 401. The van der Waals surface area contributed by atoms with Gasteiger partial charge in [-0.25, -0.2) is 0 Å². The van der Waals surface area contributed by atoms with Crippen LogP contribution in [0.15, 0.2) is 0 Å². The molecule has 0 aliphatic rings. The molecule has 1 atom stereocenters. The molecule has 2 amide bonds. The Hall–Kier alpha value is -1.28. The molecule has 0 aromatic carbocycles. The molecule has 0 saturated heterocycles. The van der Waals surface area contributed by atoms with Crippen LogP contribution in [0.25, 0.3) is 0 Å². The molecule has 0 heterocycles. The highest BCUT2D eigenvalue weighted by Crippen LogP contribution is 2.24. The first-order valence-corrected chi connectivity index (χ1v) is 9.05. The van der Waals surface area contributed by atoms with E-state index in [1.165, 1.54) is 13.8 Å². The molecule has 0 spiro atoms. The molecule has 0 bridgehead atoms. The summed E-state index contributed by atoms with van der Waals surface area (Å²) in [5.41, 5.74) is -1.23. The topological polar surface area (TPSA) is 116 Å². The Morgan fingerprint density at radius 3 is 2.22 bits per heavy atom. The van der Waals surface area contributed by atoms with Gasteiger partial charge in [-0.15, -0.1) is 0 Å². The van der Waals surface area contributed by atoms with Gasteiger partial charge >= 0.3 is 5.97 Å². The fourth-order valence-corrected chi connectivity index (χ4v) is 2.05. The highest BCUT2D eigenvalue weighted by molar-refractivity contribution is 7.98. The first-order chi connectivity index (χ1) is 10.7. The minimum absolute atomic E-state index is 0.0991. The number of carboxylic acid groups (broad SMARTS) is 1. The van der Waals surface area contributed by atoms with Gasteiger partial charge < -0.3 is 20.8 Å². The second kappa shape index (κ2) is 11.3. The lowest BCUT2D eigenvalue weighted by Crippen LogP contribution is -2.37. The van der Waals surface area contributed by atoms with Crippen molar-refractivity contribution in [2.45, 2.75) is 45.6 Å². The summed E-state index contributed by atoms with van der Waals surface area (Å²) in [6.45, 7) is 3.80. The van der Waals surface area contributed by atoms with Gasteiger partial charge in [0.2, 0.25) is 11.8 Å². The van der Waals surface area contributed by atoms with Gasteiger partial charge in [-0.2, -0.15) is 11.8 Å². The van der Waals surface area contributed by atoms with Crippen LogP contribution in [0.5, 0.6) is 0 Å². The largest absolute Gasteiger partial charge is 0.481 e. The number of aliphatic hydroxyl groups excluding tert-OH is 1. The molecule has 4 N–H and O–H groups in total. The molecule has 0 rings (SSSR count). The highest BCUT2D eigenvalue weighted by Gasteiger charge is 2.35. The molecule has 134 valence electrons. The van der Waals surface area contributed by atoms with Crippen LogP contribution in [0.3, 0.4) is 0 Å². The van der Waals surface area contributed by atoms with E-state index in [1.54, 1.807) is 11.8 Å². The third-order valence-electron chi connectivity index (χ3n) is 3.57. The SMILES string of the molecule is CSCCNC(=O)CCNC(=O)CCC[C@@H](O)C(C)(C)C(=O)O. The summed E-state index contributed by atoms with van der Waals surface area (Å²) in [5.74, 6) is -0.519. The van der Waals surface area contributed by atoms with Gasteiger partial charge in [-0.3, -0.25) is 14.4 Å². The minimum atomic E-state index is -1.23. The van der Waals surface area contributed by atoms with E-state index in [0.717, 1.165) is 5.75 Å². The van der Waals surface area contributed by atoms with E-state index in [-0.39, 0.29) is 37.6 Å². The van der Waals surface area contributed by atoms with Gasteiger partial charge in [0.25, 0.3) is 0 Å². The van der Waals surface area contributed by atoms with E-state index >= 15 is 0 Å². The summed E-state index contributed by atoms with van der Waals surface area (Å²) in [6.07, 6.45) is 2.01. The minimum Gasteiger partial charge on any atom is -0.481 e. The van der Waals surface area contributed by atoms with Gasteiger partial charge in [-0.05, 0) is 32.9 Å². The number of amides is 2. The lowest BCUT2D eigenvalue weighted by Gasteiger charge is -2.25. The maximum Gasteiger partial charge on any atom is 0.311 e. The van der Waals surface area contributed by atoms with Gasteiger partial charge in [0, 0.05) is 31.7 Å². The third kappa shape index (κ3) is 9.45. The fourth-order valence-electron chi connectivity index (χ4n) is 1.74. The van der Waals surface area contributed by atoms with Gasteiger partial charge in [-0.1, -0.05) is 0 Å². The maximum atomic E-state index is 11.6. The third-order valence-corrected chi connectivity index (χ3v) is 4.18. The Kier molecular flexibility index (Phi) is 10.7. The quantitative estimate of drug-likeness (QED) is 0.384. The number of carbonyl (C=O) groups excluding carboxylic acids is 2. The van der Waals surface area contributed by atoms with Crippen molar-refractivity contribution in [2.24, 2.45) is 5.41 Å². The molecule has 0 aliphatic carbocycles. The average Bonchev–Trinajstić information content (AvgIpc) is 2.47. The second-order valence-corrected chi connectivity index (χ2v) is 6.86. The molecular weight excluding hydrogens is 320 g/mol. The van der Waals surface area contributed by atoms with Crippen LogP contribution in [-0.4, -0.2) is 59.2 Å². The number of nitrogens with one attached hydrogen (secondary N) is 2. The zero-order chi connectivity index (χ0) is 17.9. The van der Waals surface area contributed by atoms with Gasteiger partial charge in [0.1, 0.15) is 0 Å². The molecule has 0 aliphatic heterocycles. The monoisotopic (exact) mass is 348 g/mol. The number of thioether (sulfide) groups is 1. The summed E-state index contributed by atoms with van der Waals surface area (Å²) in [4.78, 5) is 34.0. The zero-order valence-electron chi connectivity index (χ0n) is 14.1. The van der Waals surface area contributed by atoms with Crippen LogP contribution in [0.2, 0.25) is 0 Å². The number of carboxylic acids is 1. The smallest absolute Gasteiger partial charge is 0.311 e. The predicted molar refractivity (Wildman–Crippen MR) is 90.3 cm³/mol. The first-order valence-electron chi connectivity index (χ1n) is 7.65. The summed E-state index contributed by atoms with van der Waals surface area (Å²) >= 11 is 1.65. The van der Waals surface area contributed by atoms with Crippen molar-refractivity contribution in [3.8, 4) is 0 Å². The standard InChI is InChI=1S/C15H28N2O5S/c1-15(2,14(21)22)11(18)5-4-6-12(19)16-8-7-13(20)17-9-10-23-3/h11,18H,4-10H2,1-3H3,(H,16,19)(H,17,20)(H,21,22)/t11-/m1/s1. The molecule has 0 aromatic rings. The lowest BCUT2D eigenvalue weighted by molar-refractivity contribution is -0.153. The molecule has 0 saturated carbocycles. The van der Waals surface area contributed by atoms with Crippen molar-refractivity contribution in [2.75, 3.05) is 25.1 Å². The predicted octanol–water partition coefficient (Wildman–Crippen LogP) is 0.614. The summed E-state index contributed by atoms with van der Waals surface area (Å²) in [7, 11) is 0. The Morgan fingerprint density at radius 2 is 1.65 bits per heavy atom. The molecule has 7 nitrogen and oxygen atoms in total. The van der Waals surface area contributed by atoms with E-state index in [0.29, 0.717) is 13.0 Å². The van der Waals surface area contributed by atoms with Crippen LogP contribution >= 0.6 is 11.8 Å². The molecule has 23 heavy (non-hydrogen) atoms. The van der Waals surface area contributed by atoms with Crippen molar-refractivity contribution in [1.82, 2.24) is 10.6 Å². The number of aliphatic carboxylic acids is 1. The van der Waals surface area contributed by atoms with Crippen LogP contribution < -0.4 is 10.6 Å². The Morgan fingerprint density at radius 1 is 1.09 bits per heavy atom. The van der Waals surface area contributed by atoms with Crippen LogP contribution in [-0.2, 0) is 14.4 Å². The molecule has 0 radical (unpaired) electrons. The number of carbonyl (C=O) groups is 3. The number of hydrogen-bond acceptors (Lipinski definition) is 5. The van der Waals surface area contributed by atoms with E-state index in [2.05, 4.69) is 10.6 Å². The van der Waals surface area contributed by atoms with Crippen molar-refractivity contribution in [1.29, 1.82) is 0 Å². The summed E-state index contributed by atoms with van der Waals surface area (Å²) in [6, 6.07) is 0. The van der Waals surface area contributed by atoms with Crippen molar-refractivity contribution in [3.05, 3.63) is 0 Å². The van der Waals surface area contributed by atoms with Gasteiger partial charge in [0.15, 0.2) is 0 Å². The number of hydrogen-bond donors (Lipinski definition) is 4. The molecule has 0 aromatic heterocycles. The van der Waals surface area contributed by atoms with Crippen LogP contribution in [0.4, 0.5) is 0 Å². The first kappa shape index (κ1) is 21.7. The van der Waals surface area contributed by atoms with Gasteiger partial charge in [0.05, 0.1) is 11.5 Å². The summed E-state index contributed by atoms with van der Waals surface area (Å²) < 4.78 is 0. The zero-order valence-corrected chi connectivity index (χ0v) is 14.9. The summed E-state index contributed by atoms with van der Waals surface area (Å²) in [5, 5.41) is 24.2. The van der Waals surface area contributed by atoms with Crippen LogP contribution in [0.1, 0.15) is 39.5 Å². The molecule has 0 fully saturated rings. The Labute approximate surface area is 141 Å². The van der Waals surface area contributed by atoms with E-state index in [9.17, 15) is 19.5 Å². The van der Waals surface area contributed by atoms with Crippen molar-refractivity contribution >= 4 is 29.5 Å². The maximum absolute atomic E-state index is 11.6. The van der Waals surface area contributed by atoms with E-state index in [1.807, 2.05) is 6.26 Å². The number of rotatable bonds is 12. The molecule has 8 heteroatoms. The average molecular weight is 348 g/mol. The molecule has 0 unspecified atom stereocenters. The van der Waals surface area contributed by atoms with Crippen molar-refractivity contribution in [3.63, 3.8) is 0 Å². The molecular formula is C15H28N2O5S. The van der Waals surface area contributed by atoms with Crippen LogP contribution in [0, 0.1) is 5.41 Å².